The van der Waals surface area contributed by atoms with Crippen LogP contribution in [0.15, 0.2) is 45.3 Å². The maximum atomic E-state index is 13.6. The Bertz CT molecular complexity index is 567. The molecule has 0 aliphatic carbocycles. The third kappa shape index (κ3) is 3.11. The number of rotatable bonds is 2. The van der Waals surface area contributed by atoms with Gasteiger partial charge < -0.3 is 0 Å². The molecular weight excluding hydrogens is 389 g/mol. The molecule has 94 valence electrons. The van der Waals surface area contributed by atoms with Crippen molar-refractivity contribution in [1.29, 1.82) is 0 Å². The molecule has 0 saturated carbocycles. The lowest BCUT2D eigenvalue weighted by atomic mass is 10.0. The van der Waals surface area contributed by atoms with Crippen LogP contribution in [-0.4, -0.2) is 0 Å². The van der Waals surface area contributed by atoms with E-state index in [-0.39, 0.29) is 5.56 Å². The van der Waals surface area contributed by atoms with Gasteiger partial charge >= 0.3 is 0 Å². The van der Waals surface area contributed by atoms with Crippen LogP contribution in [0.5, 0.6) is 0 Å². The van der Waals surface area contributed by atoms with Crippen LogP contribution in [0.2, 0.25) is 0 Å². The summed E-state index contributed by atoms with van der Waals surface area (Å²) in [6, 6.07) is 8.64. The smallest absolute Gasteiger partial charge is 0.128 e. The second-order valence-electron chi connectivity index (χ2n) is 3.73. The highest BCUT2D eigenvalue weighted by atomic mass is 79.9. The normalized spacial score (nSPS) is 12.5. The summed E-state index contributed by atoms with van der Waals surface area (Å²) in [4.78, 5) is 0. The molecule has 2 aromatic carbocycles. The summed E-state index contributed by atoms with van der Waals surface area (Å²) in [7, 11) is 0. The minimum atomic E-state index is -0.741. The van der Waals surface area contributed by atoms with Gasteiger partial charge in [0.15, 0.2) is 0 Å². The van der Waals surface area contributed by atoms with Crippen LogP contribution >= 0.6 is 43.5 Å². The van der Waals surface area contributed by atoms with Crippen molar-refractivity contribution in [2.75, 3.05) is 0 Å². The van der Waals surface area contributed by atoms with E-state index in [9.17, 15) is 8.78 Å². The molecule has 18 heavy (non-hydrogen) atoms. The predicted octanol–water partition coefficient (Wildman–Crippen LogP) is 5.82. The van der Waals surface area contributed by atoms with E-state index in [1.54, 1.807) is 12.1 Å². The Labute approximate surface area is 125 Å². The van der Waals surface area contributed by atoms with E-state index >= 15 is 0 Å². The van der Waals surface area contributed by atoms with Gasteiger partial charge in [-0.25, -0.2) is 8.78 Å². The number of alkyl halides is 1. The van der Waals surface area contributed by atoms with Crippen molar-refractivity contribution >= 4 is 43.5 Å². The van der Waals surface area contributed by atoms with Crippen molar-refractivity contribution < 1.29 is 8.78 Å². The van der Waals surface area contributed by atoms with Gasteiger partial charge in [-0.05, 0) is 42.0 Å². The lowest BCUT2D eigenvalue weighted by Gasteiger charge is -2.12. The topological polar surface area (TPSA) is 0 Å². The molecule has 0 spiro atoms. The first kappa shape index (κ1) is 14.0. The minimum absolute atomic E-state index is 0.127. The third-order valence-corrected chi connectivity index (χ3v) is 3.81. The fraction of sp³-hybridized carbons (Fsp3) is 0.0769. The molecule has 0 N–H and O–H groups in total. The Morgan fingerprint density at radius 1 is 0.944 bits per heavy atom. The Kier molecular flexibility index (Phi) is 4.41. The van der Waals surface area contributed by atoms with Gasteiger partial charge in [0.1, 0.15) is 11.6 Å². The summed E-state index contributed by atoms with van der Waals surface area (Å²) < 4.78 is 28.4. The van der Waals surface area contributed by atoms with Gasteiger partial charge in [-0.1, -0.05) is 31.9 Å². The highest BCUT2D eigenvalue weighted by Crippen LogP contribution is 2.34. The molecule has 0 saturated heterocycles. The van der Waals surface area contributed by atoms with Gasteiger partial charge in [0, 0.05) is 14.5 Å². The maximum absolute atomic E-state index is 13.6. The lowest BCUT2D eigenvalue weighted by molar-refractivity contribution is 0.587. The van der Waals surface area contributed by atoms with Gasteiger partial charge in [-0.3, -0.25) is 0 Å². The molecule has 0 nitrogen and oxygen atoms in total. The second-order valence-corrected chi connectivity index (χ2v) is 6.00. The highest BCUT2D eigenvalue weighted by molar-refractivity contribution is 9.11. The Morgan fingerprint density at radius 3 is 2.17 bits per heavy atom. The first-order valence-corrected chi connectivity index (χ1v) is 7.04. The SMILES string of the molecule is Fc1ccc(F)c(C(Cl)c2cc(Br)cc(Br)c2)c1. The van der Waals surface area contributed by atoms with Crippen LogP contribution in [-0.2, 0) is 0 Å². The molecule has 0 aliphatic rings. The summed E-state index contributed by atoms with van der Waals surface area (Å²) in [6.45, 7) is 0. The summed E-state index contributed by atoms with van der Waals surface area (Å²) in [5.41, 5.74) is 0.809. The monoisotopic (exact) mass is 394 g/mol. The van der Waals surface area contributed by atoms with Gasteiger partial charge in [0.05, 0.1) is 5.38 Å². The zero-order chi connectivity index (χ0) is 13.3. The molecule has 2 rings (SSSR count). The van der Waals surface area contributed by atoms with Crippen LogP contribution in [0.25, 0.3) is 0 Å². The largest absolute Gasteiger partial charge is 0.207 e. The van der Waals surface area contributed by atoms with E-state index in [1.165, 1.54) is 0 Å². The first-order valence-electron chi connectivity index (χ1n) is 5.02. The van der Waals surface area contributed by atoms with Crippen LogP contribution in [0.3, 0.4) is 0 Å². The molecule has 0 radical (unpaired) electrons. The molecule has 0 heterocycles. The van der Waals surface area contributed by atoms with E-state index in [4.69, 9.17) is 11.6 Å². The summed E-state index contributed by atoms with van der Waals surface area (Å²) in [5.74, 6) is -1.03. The summed E-state index contributed by atoms with van der Waals surface area (Å²) in [5, 5.41) is -0.741. The van der Waals surface area contributed by atoms with Crippen molar-refractivity contribution in [3.63, 3.8) is 0 Å². The molecule has 1 unspecified atom stereocenters. The van der Waals surface area contributed by atoms with Gasteiger partial charge in [0.2, 0.25) is 0 Å². The number of hydrogen-bond donors (Lipinski definition) is 0. The molecule has 2 aromatic rings. The molecule has 0 amide bonds. The number of hydrogen-bond acceptors (Lipinski definition) is 0. The molecule has 0 fully saturated rings. The molecule has 0 aromatic heterocycles. The van der Waals surface area contributed by atoms with Crippen molar-refractivity contribution in [2.45, 2.75) is 5.38 Å². The van der Waals surface area contributed by atoms with Gasteiger partial charge in [-0.15, -0.1) is 11.6 Å². The van der Waals surface area contributed by atoms with E-state index in [0.29, 0.717) is 5.56 Å². The van der Waals surface area contributed by atoms with E-state index in [0.717, 1.165) is 27.1 Å². The Balaban J connectivity index is 2.47. The fourth-order valence-corrected chi connectivity index (χ4v) is 3.23. The van der Waals surface area contributed by atoms with E-state index < -0.39 is 17.0 Å². The summed E-state index contributed by atoms with van der Waals surface area (Å²) in [6.07, 6.45) is 0. The lowest BCUT2D eigenvalue weighted by Crippen LogP contribution is -1.98. The average molecular weight is 396 g/mol. The predicted molar refractivity (Wildman–Crippen MR) is 75.9 cm³/mol. The molecule has 5 heteroatoms. The highest BCUT2D eigenvalue weighted by Gasteiger charge is 2.17. The fourth-order valence-electron chi connectivity index (χ4n) is 1.61. The number of benzene rings is 2. The number of halogens is 5. The van der Waals surface area contributed by atoms with Gasteiger partial charge in [0.25, 0.3) is 0 Å². The van der Waals surface area contributed by atoms with Crippen LogP contribution in [0.4, 0.5) is 8.78 Å². The standard InChI is InChI=1S/C13H7Br2ClF2/c14-8-3-7(4-9(15)5-8)13(16)11-6-10(17)1-2-12(11)18/h1-6,13H. The zero-order valence-corrected chi connectivity index (χ0v) is 12.9. The Hall–Kier alpha value is -0.450. The van der Waals surface area contributed by atoms with Crippen molar-refractivity contribution in [2.24, 2.45) is 0 Å². The van der Waals surface area contributed by atoms with Crippen LogP contribution in [0, 0.1) is 11.6 Å². The van der Waals surface area contributed by atoms with E-state index in [1.807, 2.05) is 6.07 Å². The zero-order valence-electron chi connectivity index (χ0n) is 8.93. The van der Waals surface area contributed by atoms with Crippen molar-refractivity contribution in [3.8, 4) is 0 Å². The average Bonchev–Trinajstić information content (AvgIpc) is 2.30. The molecule has 0 bridgehead atoms. The summed E-state index contributed by atoms with van der Waals surface area (Å²) >= 11 is 12.9. The van der Waals surface area contributed by atoms with Crippen LogP contribution in [0.1, 0.15) is 16.5 Å². The minimum Gasteiger partial charge on any atom is -0.207 e. The van der Waals surface area contributed by atoms with Crippen LogP contribution < -0.4 is 0 Å². The second kappa shape index (κ2) is 5.68. The molecular formula is C13H7Br2ClF2. The van der Waals surface area contributed by atoms with Crippen molar-refractivity contribution in [1.82, 2.24) is 0 Å². The van der Waals surface area contributed by atoms with Crippen molar-refractivity contribution in [3.05, 3.63) is 68.1 Å². The molecule has 1 atom stereocenters. The van der Waals surface area contributed by atoms with E-state index in [2.05, 4.69) is 31.9 Å². The first-order chi connectivity index (χ1) is 8.47. The van der Waals surface area contributed by atoms with Gasteiger partial charge in [-0.2, -0.15) is 0 Å². The molecule has 0 aliphatic heterocycles. The quantitative estimate of drug-likeness (QED) is 0.561. The Morgan fingerprint density at radius 2 is 1.56 bits per heavy atom. The third-order valence-electron chi connectivity index (χ3n) is 2.41. The maximum Gasteiger partial charge on any atom is 0.128 e.